The molecule has 0 aliphatic heterocycles. The second-order valence-corrected chi connectivity index (χ2v) is 3.30. The van der Waals surface area contributed by atoms with Crippen molar-refractivity contribution in [3.05, 3.63) is 48.8 Å². The zero-order chi connectivity index (χ0) is 11.4. The molecule has 0 bridgehead atoms. The minimum absolute atomic E-state index is 0.559. The van der Waals surface area contributed by atoms with Crippen LogP contribution in [0.4, 0.5) is 10.5 Å². The third-order valence-electron chi connectivity index (χ3n) is 2.17. The first-order valence-corrected chi connectivity index (χ1v) is 4.82. The van der Waals surface area contributed by atoms with Crippen LogP contribution in [0.5, 0.6) is 0 Å². The number of carbonyl (C=O) groups is 1. The number of nitrogens with zero attached hydrogens (tertiary/aromatic N) is 1. The number of carbonyl (C=O) groups excluding carboxylic acids is 1. The van der Waals surface area contributed by atoms with E-state index < -0.39 is 6.03 Å². The van der Waals surface area contributed by atoms with Crippen molar-refractivity contribution in [1.29, 1.82) is 0 Å². The normalized spacial score (nSPS) is 9.75. The summed E-state index contributed by atoms with van der Waals surface area (Å²) in [5.41, 5.74) is 7.85. The number of amides is 2. The molecule has 0 saturated carbocycles. The molecule has 1 heterocycles. The molecule has 0 saturated heterocycles. The zero-order valence-electron chi connectivity index (χ0n) is 8.55. The number of pyridine rings is 1. The van der Waals surface area contributed by atoms with Gasteiger partial charge in [0.05, 0.1) is 0 Å². The molecular formula is C12H11N3O. The summed E-state index contributed by atoms with van der Waals surface area (Å²) in [5, 5.41) is 2.51. The fraction of sp³-hybridized carbons (Fsp3) is 0. The molecule has 4 heteroatoms. The highest BCUT2D eigenvalue weighted by molar-refractivity contribution is 5.88. The van der Waals surface area contributed by atoms with E-state index in [0.717, 1.165) is 11.1 Å². The highest BCUT2D eigenvalue weighted by Gasteiger charge is 1.98. The number of hydrogen-bond acceptors (Lipinski definition) is 2. The average Bonchev–Trinajstić information content (AvgIpc) is 2.30. The molecule has 2 rings (SSSR count). The van der Waals surface area contributed by atoms with E-state index in [4.69, 9.17) is 5.73 Å². The van der Waals surface area contributed by atoms with Gasteiger partial charge in [-0.2, -0.15) is 0 Å². The Labute approximate surface area is 93.1 Å². The van der Waals surface area contributed by atoms with Crippen LogP contribution in [0.1, 0.15) is 0 Å². The van der Waals surface area contributed by atoms with Crippen molar-refractivity contribution >= 4 is 11.7 Å². The van der Waals surface area contributed by atoms with Gasteiger partial charge >= 0.3 is 6.03 Å². The van der Waals surface area contributed by atoms with Crippen molar-refractivity contribution in [2.75, 3.05) is 5.32 Å². The van der Waals surface area contributed by atoms with Gasteiger partial charge in [-0.15, -0.1) is 0 Å². The first-order chi connectivity index (χ1) is 7.75. The van der Waals surface area contributed by atoms with Crippen molar-refractivity contribution in [2.45, 2.75) is 0 Å². The van der Waals surface area contributed by atoms with Gasteiger partial charge < -0.3 is 11.1 Å². The average molecular weight is 213 g/mol. The molecule has 2 aromatic rings. The molecule has 4 nitrogen and oxygen atoms in total. The third-order valence-corrected chi connectivity index (χ3v) is 2.17. The summed E-state index contributed by atoms with van der Waals surface area (Å²) >= 11 is 0. The van der Waals surface area contributed by atoms with Crippen molar-refractivity contribution < 1.29 is 4.79 Å². The summed E-state index contributed by atoms with van der Waals surface area (Å²) in [5.74, 6) is 0. The second kappa shape index (κ2) is 4.44. The van der Waals surface area contributed by atoms with Crippen molar-refractivity contribution in [3.8, 4) is 11.1 Å². The molecule has 80 valence electrons. The number of aromatic nitrogens is 1. The lowest BCUT2D eigenvalue weighted by molar-refractivity contribution is 0.259. The largest absolute Gasteiger partial charge is 0.351 e. The predicted octanol–water partition coefficient (Wildman–Crippen LogP) is 2.24. The van der Waals surface area contributed by atoms with Crippen LogP contribution in [-0.4, -0.2) is 11.0 Å². The Balaban J connectivity index is 2.23. The van der Waals surface area contributed by atoms with E-state index in [1.54, 1.807) is 24.5 Å². The molecule has 0 atom stereocenters. The fourth-order valence-corrected chi connectivity index (χ4v) is 1.43. The predicted molar refractivity (Wildman–Crippen MR) is 62.9 cm³/mol. The van der Waals surface area contributed by atoms with E-state index in [0.29, 0.717) is 5.69 Å². The molecule has 0 radical (unpaired) electrons. The number of hydrogen-bond donors (Lipinski definition) is 2. The summed E-state index contributed by atoms with van der Waals surface area (Å²) in [7, 11) is 0. The number of rotatable bonds is 2. The zero-order valence-corrected chi connectivity index (χ0v) is 8.55. The summed E-state index contributed by atoms with van der Waals surface area (Å²) < 4.78 is 0. The van der Waals surface area contributed by atoms with Crippen LogP contribution in [0.25, 0.3) is 11.1 Å². The van der Waals surface area contributed by atoms with Crippen molar-refractivity contribution in [2.24, 2.45) is 5.73 Å². The van der Waals surface area contributed by atoms with Crippen LogP contribution < -0.4 is 11.1 Å². The minimum atomic E-state index is -0.559. The fourth-order valence-electron chi connectivity index (χ4n) is 1.43. The van der Waals surface area contributed by atoms with Gasteiger partial charge in [0, 0.05) is 18.1 Å². The quantitative estimate of drug-likeness (QED) is 0.803. The van der Waals surface area contributed by atoms with E-state index >= 15 is 0 Å². The van der Waals surface area contributed by atoms with Crippen LogP contribution in [0, 0.1) is 0 Å². The minimum Gasteiger partial charge on any atom is -0.351 e. The lowest BCUT2D eigenvalue weighted by atomic mass is 10.1. The monoisotopic (exact) mass is 213 g/mol. The summed E-state index contributed by atoms with van der Waals surface area (Å²) in [6.45, 7) is 0. The highest BCUT2D eigenvalue weighted by Crippen LogP contribution is 2.20. The van der Waals surface area contributed by atoms with Gasteiger partial charge in [-0.1, -0.05) is 12.1 Å². The van der Waals surface area contributed by atoms with Gasteiger partial charge in [-0.3, -0.25) is 4.98 Å². The lowest BCUT2D eigenvalue weighted by Gasteiger charge is -2.04. The molecule has 0 spiro atoms. The Kier molecular flexibility index (Phi) is 2.82. The van der Waals surface area contributed by atoms with Crippen LogP contribution in [-0.2, 0) is 0 Å². The number of nitrogens with two attached hydrogens (primary N) is 1. The maximum absolute atomic E-state index is 10.6. The Bertz CT molecular complexity index is 479. The molecule has 16 heavy (non-hydrogen) atoms. The summed E-state index contributed by atoms with van der Waals surface area (Å²) in [6.07, 6.45) is 3.48. The molecule has 0 aliphatic carbocycles. The van der Waals surface area contributed by atoms with Gasteiger partial charge in [0.1, 0.15) is 0 Å². The van der Waals surface area contributed by atoms with Crippen LogP contribution >= 0.6 is 0 Å². The van der Waals surface area contributed by atoms with Crippen LogP contribution in [0.15, 0.2) is 48.8 Å². The van der Waals surface area contributed by atoms with Crippen molar-refractivity contribution in [1.82, 2.24) is 4.98 Å². The molecule has 0 unspecified atom stereocenters. The van der Waals surface area contributed by atoms with Gasteiger partial charge in [0.15, 0.2) is 0 Å². The van der Waals surface area contributed by atoms with Crippen LogP contribution in [0.2, 0.25) is 0 Å². The third kappa shape index (κ3) is 2.36. The highest BCUT2D eigenvalue weighted by atomic mass is 16.2. The van der Waals surface area contributed by atoms with E-state index in [9.17, 15) is 4.79 Å². The topological polar surface area (TPSA) is 68.0 Å². The molecule has 0 aliphatic rings. The molecule has 1 aromatic heterocycles. The number of urea groups is 1. The van der Waals surface area contributed by atoms with Crippen molar-refractivity contribution in [3.63, 3.8) is 0 Å². The summed E-state index contributed by atoms with van der Waals surface area (Å²) in [4.78, 5) is 14.6. The molecule has 1 aromatic carbocycles. The van der Waals surface area contributed by atoms with Gasteiger partial charge in [0.2, 0.25) is 0 Å². The Morgan fingerprint density at radius 1 is 1.00 bits per heavy atom. The van der Waals surface area contributed by atoms with Gasteiger partial charge in [-0.25, -0.2) is 4.79 Å². The van der Waals surface area contributed by atoms with Gasteiger partial charge in [-0.05, 0) is 35.4 Å². The van der Waals surface area contributed by atoms with E-state index in [1.165, 1.54) is 0 Å². The van der Waals surface area contributed by atoms with Gasteiger partial charge in [0.25, 0.3) is 0 Å². The smallest absolute Gasteiger partial charge is 0.316 e. The first-order valence-electron chi connectivity index (χ1n) is 4.82. The second-order valence-electron chi connectivity index (χ2n) is 3.30. The van der Waals surface area contributed by atoms with E-state index in [-0.39, 0.29) is 0 Å². The molecular weight excluding hydrogens is 202 g/mol. The number of benzene rings is 1. The Morgan fingerprint density at radius 2 is 1.56 bits per heavy atom. The maximum atomic E-state index is 10.6. The standard InChI is InChI=1S/C12H11N3O/c13-12(16)15-11-3-1-9(2-4-11)10-5-7-14-8-6-10/h1-8H,(H3,13,15,16). The Hall–Kier alpha value is -2.36. The Morgan fingerprint density at radius 3 is 2.12 bits per heavy atom. The molecule has 2 amide bonds. The lowest BCUT2D eigenvalue weighted by Crippen LogP contribution is -2.19. The summed E-state index contributed by atoms with van der Waals surface area (Å²) in [6, 6.07) is 10.7. The number of anilines is 1. The molecule has 3 N–H and O–H groups in total. The van der Waals surface area contributed by atoms with E-state index in [2.05, 4.69) is 10.3 Å². The van der Waals surface area contributed by atoms with Crippen LogP contribution in [0.3, 0.4) is 0 Å². The number of primary amides is 1. The molecule has 0 fully saturated rings. The first kappa shape index (κ1) is 10.2. The maximum Gasteiger partial charge on any atom is 0.316 e. The van der Waals surface area contributed by atoms with E-state index in [1.807, 2.05) is 24.3 Å². The number of nitrogens with one attached hydrogen (secondary N) is 1. The SMILES string of the molecule is NC(=O)Nc1ccc(-c2ccncc2)cc1.